The summed E-state index contributed by atoms with van der Waals surface area (Å²) in [5, 5.41) is 5.31. The second-order valence-electron chi connectivity index (χ2n) is 6.97. The van der Waals surface area contributed by atoms with Crippen LogP contribution in [0, 0.1) is 0 Å². The molecular formula is C21H29N3OS. The molecule has 0 radical (unpaired) electrons. The summed E-state index contributed by atoms with van der Waals surface area (Å²) in [5.41, 5.74) is 1.37. The first kappa shape index (κ1) is 19.1. The number of thiophene rings is 1. The van der Waals surface area contributed by atoms with Gasteiger partial charge in [-0.1, -0.05) is 43.3 Å². The Morgan fingerprint density at radius 2 is 1.85 bits per heavy atom. The van der Waals surface area contributed by atoms with Crippen LogP contribution in [0.2, 0.25) is 0 Å². The third-order valence-corrected chi connectivity index (χ3v) is 6.01. The lowest BCUT2D eigenvalue weighted by molar-refractivity contribution is -0.121. The van der Waals surface area contributed by atoms with Gasteiger partial charge in [0, 0.05) is 50.1 Å². The molecule has 0 bridgehead atoms. The maximum Gasteiger partial charge on any atom is 0.219 e. The van der Waals surface area contributed by atoms with Crippen molar-refractivity contribution in [2.24, 2.45) is 0 Å². The largest absolute Gasteiger partial charge is 0.352 e. The van der Waals surface area contributed by atoms with Crippen LogP contribution < -0.4 is 5.32 Å². The van der Waals surface area contributed by atoms with E-state index in [4.69, 9.17) is 0 Å². The molecule has 2 aromatic rings. The Balaban J connectivity index is 1.62. The molecule has 5 heteroatoms. The second-order valence-corrected chi connectivity index (χ2v) is 7.95. The summed E-state index contributed by atoms with van der Waals surface area (Å²) >= 11 is 1.78. The quantitative estimate of drug-likeness (QED) is 0.809. The van der Waals surface area contributed by atoms with Crippen molar-refractivity contribution in [1.29, 1.82) is 0 Å². The first-order valence-corrected chi connectivity index (χ1v) is 10.4. The Morgan fingerprint density at radius 3 is 2.46 bits per heavy atom. The highest BCUT2D eigenvalue weighted by atomic mass is 32.1. The van der Waals surface area contributed by atoms with E-state index in [0.717, 1.165) is 32.7 Å². The number of piperazine rings is 1. The minimum Gasteiger partial charge on any atom is -0.352 e. The van der Waals surface area contributed by atoms with Gasteiger partial charge in [0.05, 0.1) is 6.04 Å². The van der Waals surface area contributed by atoms with Crippen LogP contribution in [0.3, 0.4) is 0 Å². The number of benzene rings is 1. The number of nitrogens with one attached hydrogen (secondary N) is 1. The van der Waals surface area contributed by atoms with Crippen molar-refractivity contribution in [1.82, 2.24) is 15.1 Å². The van der Waals surface area contributed by atoms with Crippen LogP contribution in [0.15, 0.2) is 47.8 Å². The fraction of sp³-hybridized carbons (Fsp3) is 0.476. The third-order valence-electron chi connectivity index (χ3n) is 5.07. The van der Waals surface area contributed by atoms with Gasteiger partial charge in [-0.25, -0.2) is 0 Å². The predicted molar refractivity (Wildman–Crippen MR) is 108 cm³/mol. The van der Waals surface area contributed by atoms with E-state index in [-0.39, 0.29) is 18.0 Å². The Bertz CT molecular complexity index is 666. The van der Waals surface area contributed by atoms with Gasteiger partial charge in [0.2, 0.25) is 5.91 Å². The summed E-state index contributed by atoms with van der Waals surface area (Å²) < 4.78 is 0. The molecule has 1 aliphatic rings. The summed E-state index contributed by atoms with van der Waals surface area (Å²) in [6, 6.07) is 15.3. The molecule has 1 aromatic heterocycles. The molecule has 1 aromatic carbocycles. The zero-order valence-corrected chi connectivity index (χ0v) is 16.5. The maximum atomic E-state index is 11.9. The van der Waals surface area contributed by atoms with Gasteiger partial charge in [-0.2, -0.15) is 0 Å². The van der Waals surface area contributed by atoms with Crippen molar-refractivity contribution in [2.45, 2.75) is 38.9 Å². The van der Waals surface area contributed by atoms with Gasteiger partial charge in [0.1, 0.15) is 0 Å². The molecule has 1 N–H and O–H groups in total. The molecule has 0 saturated carbocycles. The van der Waals surface area contributed by atoms with Crippen LogP contribution in [0.1, 0.15) is 36.8 Å². The number of carbonyl (C=O) groups excluding carboxylic acids is 1. The first-order valence-electron chi connectivity index (χ1n) is 9.50. The first-order chi connectivity index (χ1) is 12.7. The summed E-state index contributed by atoms with van der Waals surface area (Å²) in [6.07, 6.45) is 0.534. The van der Waals surface area contributed by atoms with E-state index in [1.807, 2.05) is 6.92 Å². The van der Waals surface area contributed by atoms with Crippen molar-refractivity contribution in [2.75, 3.05) is 26.2 Å². The highest BCUT2D eigenvalue weighted by Gasteiger charge is 2.30. The van der Waals surface area contributed by atoms with Crippen LogP contribution >= 0.6 is 11.3 Å². The molecule has 2 heterocycles. The van der Waals surface area contributed by atoms with Crippen molar-refractivity contribution in [3.63, 3.8) is 0 Å². The zero-order valence-electron chi connectivity index (χ0n) is 15.7. The molecule has 26 heavy (non-hydrogen) atoms. The van der Waals surface area contributed by atoms with Crippen LogP contribution in [0.5, 0.6) is 0 Å². The standard InChI is InChI=1S/C21H29N3OS/c1-3-20(25)22-17(2)21(19-10-7-15-26-19)24-13-11-23(12-14-24)16-18-8-5-4-6-9-18/h4-10,15,17,21H,3,11-14,16H2,1-2H3,(H,22,25)/t17-,21+/m0/s1. The Morgan fingerprint density at radius 1 is 1.12 bits per heavy atom. The molecule has 1 fully saturated rings. The number of nitrogens with zero attached hydrogens (tertiary/aromatic N) is 2. The van der Waals surface area contributed by atoms with Gasteiger partial charge in [0.25, 0.3) is 0 Å². The van der Waals surface area contributed by atoms with Crippen LogP contribution in [0.4, 0.5) is 0 Å². The lowest BCUT2D eigenvalue weighted by Crippen LogP contribution is -2.52. The molecule has 3 rings (SSSR count). The van der Waals surface area contributed by atoms with Crippen molar-refractivity contribution in [3.8, 4) is 0 Å². The molecule has 0 aliphatic carbocycles. The zero-order chi connectivity index (χ0) is 18.4. The monoisotopic (exact) mass is 371 g/mol. The lowest BCUT2D eigenvalue weighted by Gasteiger charge is -2.41. The Labute approximate surface area is 160 Å². The predicted octanol–water partition coefficient (Wildman–Crippen LogP) is 3.52. The summed E-state index contributed by atoms with van der Waals surface area (Å²) in [7, 11) is 0. The number of carbonyl (C=O) groups is 1. The highest BCUT2D eigenvalue weighted by Crippen LogP contribution is 2.29. The van der Waals surface area contributed by atoms with Gasteiger partial charge >= 0.3 is 0 Å². The number of amides is 1. The lowest BCUT2D eigenvalue weighted by atomic mass is 10.0. The highest BCUT2D eigenvalue weighted by molar-refractivity contribution is 7.10. The molecule has 1 saturated heterocycles. The van der Waals surface area contributed by atoms with Crippen LogP contribution in [0.25, 0.3) is 0 Å². The Kier molecular flexibility index (Phi) is 6.83. The molecule has 1 amide bonds. The third kappa shape index (κ3) is 4.93. The minimum absolute atomic E-state index is 0.113. The van der Waals surface area contributed by atoms with E-state index in [1.54, 1.807) is 11.3 Å². The number of hydrogen-bond donors (Lipinski definition) is 1. The van der Waals surface area contributed by atoms with E-state index in [1.165, 1.54) is 10.4 Å². The van der Waals surface area contributed by atoms with E-state index < -0.39 is 0 Å². The van der Waals surface area contributed by atoms with Gasteiger partial charge in [0.15, 0.2) is 0 Å². The molecule has 2 atom stereocenters. The average molecular weight is 372 g/mol. The van der Waals surface area contributed by atoms with Crippen molar-refractivity contribution >= 4 is 17.2 Å². The fourth-order valence-electron chi connectivity index (χ4n) is 3.68. The smallest absolute Gasteiger partial charge is 0.219 e. The Hall–Kier alpha value is -1.69. The maximum absolute atomic E-state index is 11.9. The van der Waals surface area contributed by atoms with Gasteiger partial charge in [-0.05, 0) is 23.9 Å². The minimum atomic E-state index is 0.113. The number of rotatable bonds is 7. The SMILES string of the molecule is CCC(=O)N[C@@H](C)[C@H](c1cccs1)N1CCN(Cc2ccccc2)CC1. The average Bonchev–Trinajstić information content (AvgIpc) is 3.18. The summed E-state index contributed by atoms with van der Waals surface area (Å²) in [6.45, 7) is 9.24. The van der Waals surface area contributed by atoms with E-state index in [2.05, 4.69) is 69.9 Å². The van der Waals surface area contributed by atoms with Crippen molar-refractivity contribution in [3.05, 3.63) is 58.3 Å². The topological polar surface area (TPSA) is 35.6 Å². The second kappa shape index (κ2) is 9.31. The van der Waals surface area contributed by atoms with Gasteiger partial charge < -0.3 is 5.32 Å². The molecule has 1 aliphatic heterocycles. The van der Waals surface area contributed by atoms with E-state index in [9.17, 15) is 4.79 Å². The van der Waals surface area contributed by atoms with Crippen molar-refractivity contribution < 1.29 is 4.79 Å². The van der Waals surface area contributed by atoms with Gasteiger partial charge in [-0.3, -0.25) is 14.6 Å². The van der Waals surface area contributed by atoms with Gasteiger partial charge in [-0.15, -0.1) is 11.3 Å². The summed E-state index contributed by atoms with van der Waals surface area (Å²) in [4.78, 5) is 18.3. The van der Waals surface area contributed by atoms with Crippen LogP contribution in [-0.2, 0) is 11.3 Å². The number of hydrogen-bond acceptors (Lipinski definition) is 4. The van der Waals surface area contributed by atoms with Crippen LogP contribution in [-0.4, -0.2) is 47.9 Å². The molecule has 0 spiro atoms. The molecular weight excluding hydrogens is 342 g/mol. The summed E-state index contributed by atoms with van der Waals surface area (Å²) in [5.74, 6) is 0.127. The molecule has 0 unspecified atom stereocenters. The van der Waals surface area contributed by atoms with E-state index in [0.29, 0.717) is 6.42 Å². The molecule has 4 nitrogen and oxygen atoms in total. The molecule has 140 valence electrons. The van der Waals surface area contributed by atoms with E-state index >= 15 is 0 Å². The fourth-order valence-corrected chi connectivity index (χ4v) is 4.64. The normalized spacial score (nSPS) is 18.4.